The van der Waals surface area contributed by atoms with Crippen LogP contribution in [0.1, 0.15) is 48.9 Å². The third-order valence-corrected chi connectivity index (χ3v) is 5.36. The highest BCUT2D eigenvalue weighted by molar-refractivity contribution is 5.99. The summed E-state index contributed by atoms with van der Waals surface area (Å²) in [6.07, 6.45) is -1.51. The number of nitrogens with zero attached hydrogens (tertiary/aromatic N) is 2. The summed E-state index contributed by atoms with van der Waals surface area (Å²) < 4.78 is 51.3. The topological polar surface area (TPSA) is 71.4 Å². The summed E-state index contributed by atoms with van der Waals surface area (Å²) >= 11 is 0. The number of halogens is 3. The molecule has 0 aromatic heterocycles. The minimum absolute atomic E-state index is 0.0889. The van der Waals surface area contributed by atoms with E-state index >= 15 is 0 Å². The molecule has 1 aromatic carbocycles. The first kappa shape index (κ1) is 20.4. The predicted octanol–water partition coefficient (Wildman–Crippen LogP) is 3.74. The van der Waals surface area contributed by atoms with Gasteiger partial charge in [0.05, 0.1) is 14.2 Å². The van der Waals surface area contributed by atoms with Crippen LogP contribution >= 0.6 is 0 Å². The van der Waals surface area contributed by atoms with E-state index < -0.39 is 24.2 Å². The van der Waals surface area contributed by atoms with Crippen LogP contribution < -0.4 is 9.47 Å². The van der Waals surface area contributed by atoms with Gasteiger partial charge in [-0.25, -0.2) is 0 Å². The fourth-order valence-corrected chi connectivity index (χ4v) is 3.76. The van der Waals surface area contributed by atoms with Gasteiger partial charge in [-0.3, -0.25) is 4.79 Å². The number of hydrogen-bond acceptors (Lipinski definition) is 5. The lowest BCUT2D eigenvalue weighted by Crippen LogP contribution is -2.56. The van der Waals surface area contributed by atoms with Crippen LogP contribution in [-0.2, 0) is 0 Å². The van der Waals surface area contributed by atoms with Crippen molar-refractivity contribution in [2.24, 2.45) is 11.0 Å². The summed E-state index contributed by atoms with van der Waals surface area (Å²) in [5.74, 6) is -0.671. The number of carbonyl (C=O) groups is 1. The Balaban J connectivity index is 1.97. The van der Waals surface area contributed by atoms with Crippen LogP contribution in [0.4, 0.5) is 13.2 Å². The lowest BCUT2D eigenvalue weighted by Gasteiger charge is -2.32. The Morgan fingerprint density at radius 1 is 1.18 bits per heavy atom. The van der Waals surface area contributed by atoms with Crippen molar-refractivity contribution in [2.75, 3.05) is 14.2 Å². The fraction of sp³-hybridized carbons (Fsp3) is 0.579. The third-order valence-electron chi connectivity index (χ3n) is 5.36. The maximum Gasteiger partial charge on any atom is 0.438 e. The van der Waals surface area contributed by atoms with Crippen molar-refractivity contribution >= 4 is 11.6 Å². The van der Waals surface area contributed by atoms with Crippen molar-refractivity contribution in [2.45, 2.75) is 50.4 Å². The molecule has 1 N–H and O–H groups in total. The molecule has 1 fully saturated rings. The Hall–Kier alpha value is -2.29. The van der Waals surface area contributed by atoms with Gasteiger partial charge in [0, 0.05) is 17.7 Å². The molecule has 0 unspecified atom stereocenters. The zero-order valence-corrected chi connectivity index (χ0v) is 15.8. The molecular formula is C19H23F3N2O4. The average Bonchev–Trinajstić information content (AvgIpc) is 3.06. The van der Waals surface area contributed by atoms with Crippen molar-refractivity contribution in [3.05, 3.63) is 23.8 Å². The summed E-state index contributed by atoms with van der Waals surface area (Å²) in [6.45, 7) is 0. The molecule has 0 bridgehead atoms. The molecule has 1 aromatic rings. The molecule has 1 heterocycles. The summed E-state index contributed by atoms with van der Waals surface area (Å²) in [6, 6.07) is 4.00. The molecular weight excluding hydrogens is 377 g/mol. The normalized spacial score (nSPS) is 23.5. The first-order valence-corrected chi connectivity index (χ1v) is 9.14. The van der Waals surface area contributed by atoms with Crippen LogP contribution in [0.2, 0.25) is 0 Å². The second-order valence-electron chi connectivity index (χ2n) is 7.10. The molecule has 154 valence electrons. The maximum absolute atomic E-state index is 13.7. The number of hydrazone groups is 1. The minimum atomic E-state index is -5.04. The smallest absolute Gasteiger partial charge is 0.438 e. The molecule has 6 nitrogen and oxygen atoms in total. The van der Waals surface area contributed by atoms with Gasteiger partial charge in [-0.1, -0.05) is 19.3 Å². The molecule has 0 spiro atoms. The van der Waals surface area contributed by atoms with E-state index in [1.54, 1.807) is 0 Å². The van der Waals surface area contributed by atoms with Crippen LogP contribution in [0.3, 0.4) is 0 Å². The summed E-state index contributed by atoms with van der Waals surface area (Å²) in [7, 11) is 2.76. The third kappa shape index (κ3) is 3.55. The minimum Gasteiger partial charge on any atom is -0.493 e. The van der Waals surface area contributed by atoms with Crippen LogP contribution in [-0.4, -0.2) is 47.9 Å². The second kappa shape index (κ2) is 7.62. The number of rotatable bonds is 4. The van der Waals surface area contributed by atoms with E-state index in [1.165, 1.54) is 32.4 Å². The number of amides is 1. The first-order valence-electron chi connectivity index (χ1n) is 9.14. The standard InChI is InChI=1S/C19H23F3N2O4/c1-27-15-9-8-13(10-16(15)28-2)17(25)24-18(26,19(20,21)22)11-14(23-24)12-6-4-3-5-7-12/h8-10,12,26H,3-7,11H2,1-2H3/t18-/m1/s1. The van der Waals surface area contributed by atoms with Crippen molar-refractivity contribution in [1.29, 1.82) is 0 Å². The number of alkyl halides is 3. The number of benzene rings is 1. The van der Waals surface area contributed by atoms with E-state index in [9.17, 15) is 23.1 Å². The Kier molecular flexibility index (Phi) is 5.56. The molecule has 1 aliphatic carbocycles. The highest BCUT2D eigenvalue weighted by Crippen LogP contribution is 2.44. The molecule has 2 aliphatic rings. The van der Waals surface area contributed by atoms with Gasteiger partial charge >= 0.3 is 6.18 Å². The van der Waals surface area contributed by atoms with Crippen LogP contribution in [0.15, 0.2) is 23.3 Å². The zero-order chi connectivity index (χ0) is 20.5. The molecule has 28 heavy (non-hydrogen) atoms. The molecule has 9 heteroatoms. The monoisotopic (exact) mass is 400 g/mol. The number of hydrogen-bond donors (Lipinski definition) is 1. The quantitative estimate of drug-likeness (QED) is 0.836. The van der Waals surface area contributed by atoms with Crippen molar-refractivity contribution in [3.8, 4) is 11.5 Å². The highest BCUT2D eigenvalue weighted by atomic mass is 19.4. The van der Waals surface area contributed by atoms with Gasteiger partial charge in [-0.15, -0.1) is 0 Å². The van der Waals surface area contributed by atoms with E-state index in [1.807, 2.05) is 0 Å². The van der Waals surface area contributed by atoms with Gasteiger partial charge < -0.3 is 14.6 Å². The van der Waals surface area contributed by atoms with Gasteiger partial charge in [0.1, 0.15) is 0 Å². The first-order chi connectivity index (χ1) is 13.2. The Morgan fingerprint density at radius 3 is 2.39 bits per heavy atom. The number of ether oxygens (including phenoxy) is 2. The maximum atomic E-state index is 13.7. The van der Waals surface area contributed by atoms with Crippen LogP contribution in [0.25, 0.3) is 0 Å². The van der Waals surface area contributed by atoms with Crippen molar-refractivity contribution in [3.63, 3.8) is 0 Å². The van der Waals surface area contributed by atoms with Gasteiger partial charge in [0.25, 0.3) is 11.6 Å². The Bertz CT molecular complexity index is 775. The van der Waals surface area contributed by atoms with Gasteiger partial charge in [-0.2, -0.15) is 23.3 Å². The van der Waals surface area contributed by atoms with Crippen molar-refractivity contribution < 1.29 is 32.5 Å². The lowest BCUT2D eigenvalue weighted by molar-refractivity contribution is -0.297. The lowest BCUT2D eigenvalue weighted by atomic mass is 9.83. The average molecular weight is 400 g/mol. The van der Waals surface area contributed by atoms with E-state index in [4.69, 9.17) is 9.47 Å². The molecule has 1 aliphatic heterocycles. The number of aliphatic hydroxyl groups is 1. The Morgan fingerprint density at radius 2 is 1.82 bits per heavy atom. The van der Waals surface area contributed by atoms with Gasteiger partial charge in [0.2, 0.25) is 0 Å². The van der Waals surface area contributed by atoms with E-state index in [2.05, 4.69) is 5.10 Å². The molecule has 0 saturated heterocycles. The zero-order valence-electron chi connectivity index (χ0n) is 15.8. The van der Waals surface area contributed by atoms with Crippen molar-refractivity contribution in [1.82, 2.24) is 5.01 Å². The van der Waals surface area contributed by atoms with E-state index in [0.29, 0.717) is 18.6 Å². The predicted molar refractivity (Wildman–Crippen MR) is 95.3 cm³/mol. The molecule has 1 saturated carbocycles. The highest BCUT2D eigenvalue weighted by Gasteiger charge is 2.63. The van der Waals surface area contributed by atoms with E-state index in [0.717, 1.165) is 19.3 Å². The molecule has 1 atom stereocenters. The molecule has 0 radical (unpaired) electrons. The number of carbonyl (C=O) groups excluding carboxylic acids is 1. The van der Waals surface area contributed by atoms with Crippen LogP contribution in [0.5, 0.6) is 11.5 Å². The number of methoxy groups -OCH3 is 2. The fourth-order valence-electron chi connectivity index (χ4n) is 3.76. The molecule has 1 amide bonds. The van der Waals surface area contributed by atoms with Crippen LogP contribution in [0, 0.1) is 5.92 Å². The second-order valence-corrected chi connectivity index (χ2v) is 7.10. The summed E-state index contributed by atoms with van der Waals surface area (Å²) in [4.78, 5) is 12.9. The summed E-state index contributed by atoms with van der Waals surface area (Å²) in [5.41, 5.74) is -3.22. The molecule has 3 rings (SSSR count). The SMILES string of the molecule is COc1ccc(C(=O)N2N=C(C3CCCCC3)C[C@@]2(O)C(F)(F)F)cc1OC. The van der Waals surface area contributed by atoms with E-state index in [-0.39, 0.29) is 28.0 Å². The van der Waals surface area contributed by atoms with Gasteiger partial charge in [0.15, 0.2) is 11.5 Å². The Labute approximate surface area is 160 Å². The van der Waals surface area contributed by atoms with Gasteiger partial charge in [-0.05, 0) is 37.0 Å². The largest absolute Gasteiger partial charge is 0.493 e. The summed E-state index contributed by atoms with van der Waals surface area (Å²) in [5, 5.41) is 14.6.